The molecule has 0 fully saturated rings. The van der Waals surface area contributed by atoms with Crippen LogP contribution >= 0.6 is 0 Å². The zero-order valence-electron chi connectivity index (χ0n) is 9.51. The van der Waals surface area contributed by atoms with Gasteiger partial charge in [0.2, 0.25) is 5.91 Å². The van der Waals surface area contributed by atoms with Crippen LogP contribution in [0.15, 0.2) is 0 Å². The summed E-state index contributed by atoms with van der Waals surface area (Å²) in [7, 11) is 0. The first-order valence-electron chi connectivity index (χ1n) is 5.06. The van der Waals surface area contributed by atoms with Gasteiger partial charge in [-0.05, 0) is 13.3 Å². The van der Waals surface area contributed by atoms with Crippen molar-refractivity contribution in [3.8, 4) is 0 Å². The van der Waals surface area contributed by atoms with E-state index in [1.807, 2.05) is 0 Å². The van der Waals surface area contributed by atoms with Crippen LogP contribution in [-0.4, -0.2) is 49.1 Å². The van der Waals surface area contributed by atoms with Crippen LogP contribution in [-0.2, 0) is 9.53 Å². The Balaban J connectivity index is 3.87. The second-order valence-corrected chi connectivity index (χ2v) is 3.65. The van der Waals surface area contributed by atoms with Crippen LogP contribution in [0.2, 0.25) is 0 Å². The largest absolute Gasteiger partial charge is 0.415 e. The number of alkyl halides is 3. The number of nitrogens with two attached hydrogens (primary N) is 1. The predicted octanol–water partition coefficient (Wildman–Crippen LogP) is -0.219. The first kappa shape index (κ1) is 16.1. The summed E-state index contributed by atoms with van der Waals surface area (Å²) in [5, 5.41) is 10.5. The Hall–Kier alpha value is -0.860. The zero-order chi connectivity index (χ0) is 13.5. The molecule has 0 spiro atoms. The van der Waals surface area contributed by atoms with Crippen molar-refractivity contribution in [1.82, 2.24) is 5.32 Å². The van der Waals surface area contributed by atoms with Crippen molar-refractivity contribution >= 4 is 5.91 Å². The van der Waals surface area contributed by atoms with Crippen molar-refractivity contribution in [2.45, 2.75) is 25.1 Å². The third-order valence-electron chi connectivity index (χ3n) is 2.05. The van der Waals surface area contributed by atoms with E-state index < -0.39 is 17.6 Å². The van der Waals surface area contributed by atoms with E-state index in [2.05, 4.69) is 5.32 Å². The van der Waals surface area contributed by atoms with Gasteiger partial charge in [-0.2, -0.15) is 13.2 Å². The van der Waals surface area contributed by atoms with E-state index in [1.165, 1.54) is 0 Å². The molecule has 0 saturated carbocycles. The molecule has 0 aliphatic carbocycles. The topological polar surface area (TPSA) is 84.6 Å². The number of aliphatic hydroxyl groups is 1. The molecule has 0 aromatic rings. The van der Waals surface area contributed by atoms with Gasteiger partial charge in [-0.1, -0.05) is 0 Å². The Kier molecular flexibility index (Phi) is 6.43. The normalized spacial score (nSPS) is 15.4. The molecule has 17 heavy (non-hydrogen) atoms. The van der Waals surface area contributed by atoms with Crippen molar-refractivity contribution < 1.29 is 27.8 Å². The smallest absolute Gasteiger partial charge is 0.394 e. The standard InChI is InChI=1S/C9H17F3N2O3/c1-8(13,9(10,11)12)7(16)14-3-2-5-17-6-4-15/h15H,2-6,13H2,1H3,(H,14,16). The summed E-state index contributed by atoms with van der Waals surface area (Å²) in [5.74, 6) is -1.27. The summed E-state index contributed by atoms with van der Waals surface area (Å²) >= 11 is 0. The molecule has 0 heterocycles. The van der Waals surface area contributed by atoms with Crippen molar-refractivity contribution in [2.24, 2.45) is 5.73 Å². The van der Waals surface area contributed by atoms with E-state index in [0.29, 0.717) is 13.3 Å². The number of hydrogen-bond acceptors (Lipinski definition) is 4. The molecule has 1 atom stereocenters. The molecule has 0 radical (unpaired) electrons. The highest BCUT2D eigenvalue weighted by atomic mass is 19.4. The highest BCUT2D eigenvalue weighted by Gasteiger charge is 2.53. The van der Waals surface area contributed by atoms with Gasteiger partial charge in [0.25, 0.3) is 0 Å². The predicted molar refractivity (Wildman–Crippen MR) is 54.2 cm³/mol. The highest BCUT2D eigenvalue weighted by molar-refractivity contribution is 5.86. The molecule has 8 heteroatoms. The molecule has 4 N–H and O–H groups in total. The van der Waals surface area contributed by atoms with Gasteiger partial charge < -0.3 is 20.9 Å². The average Bonchev–Trinajstić information content (AvgIpc) is 2.21. The summed E-state index contributed by atoms with van der Waals surface area (Å²) in [5.41, 5.74) is 2.01. The van der Waals surface area contributed by atoms with Crippen LogP contribution in [0.5, 0.6) is 0 Å². The lowest BCUT2D eigenvalue weighted by Crippen LogP contribution is -2.61. The fourth-order valence-corrected chi connectivity index (χ4v) is 0.855. The maximum absolute atomic E-state index is 12.3. The lowest BCUT2D eigenvalue weighted by Gasteiger charge is -2.26. The number of hydrogen-bond donors (Lipinski definition) is 3. The van der Waals surface area contributed by atoms with Gasteiger partial charge in [0.15, 0.2) is 5.54 Å². The summed E-state index contributed by atoms with van der Waals surface area (Å²) in [6, 6.07) is 0. The molecule has 0 aromatic heterocycles. The second-order valence-electron chi connectivity index (χ2n) is 3.65. The van der Waals surface area contributed by atoms with Crippen LogP contribution in [0.1, 0.15) is 13.3 Å². The molecule has 0 rings (SSSR count). The summed E-state index contributed by atoms with van der Waals surface area (Å²) in [4.78, 5) is 11.2. The molecule has 0 aliphatic rings. The molecule has 5 nitrogen and oxygen atoms in total. The van der Waals surface area contributed by atoms with Gasteiger partial charge >= 0.3 is 6.18 Å². The zero-order valence-corrected chi connectivity index (χ0v) is 9.51. The van der Waals surface area contributed by atoms with E-state index in [0.717, 1.165) is 0 Å². The Morgan fingerprint density at radius 2 is 2.00 bits per heavy atom. The number of carbonyl (C=O) groups excluding carboxylic acids is 1. The van der Waals surface area contributed by atoms with Crippen molar-refractivity contribution in [1.29, 1.82) is 0 Å². The maximum Gasteiger partial charge on any atom is 0.415 e. The van der Waals surface area contributed by atoms with Crippen LogP contribution in [0.3, 0.4) is 0 Å². The van der Waals surface area contributed by atoms with Gasteiger partial charge in [-0.15, -0.1) is 0 Å². The second kappa shape index (κ2) is 6.77. The van der Waals surface area contributed by atoms with Gasteiger partial charge in [0.05, 0.1) is 13.2 Å². The fourth-order valence-electron chi connectivity index (χ4n) is 0.855. The molecule has 1 amide bonds. The molecule has 0 aliphatic heterocycles. The van der Waals surface area contributed by atoms with Gasteiger partial charge in [-0.25, -0.2) is 0 Å². The fraction of sp³-hybridized carbons (Fsp3) is 0.889. The van der Waals surface area contributed by atoms with Gasteiger partial charge in [0, 0.05) is 13.2 Å². The molecule has 102 valence electrons. The molecular formula is C9H17F3N2O3. The molecular weight excluding hydrogens is 241 g/mol. The van der Waals surface area contributed by atoms with Gasteiger partial charge in [0.1, 0.15) is 0 Å². The lowest BCUT2D eigenvalue weighted by atomic mass is 10.0. The third-order valence-corrected chi connectivity index (χ3v) is 2.05. The molecule has 1 unspecified atom stereocenters. The quantitative estimate of drug-likeness (QED) is 0.551. The van der Waals surface area contributed by atoms with E-state index in [1.54, 1.807) is 0 Å². The van der Waals surface area contributed by atoms with E-state index in [-0.39, 0.29) is 26.4 Å². The Bertz CT molecular complexity index is 244. The third kappa shape index (κ3) is 5.33. The van der Waals surface area contributed by atoms with Crippen molar-refractivity contribution in [2.75, 3.05) is 26.4 Å². The maximum atomic E-state index is 12.3. The first-order chi connectivity index (χ1) is 7.73. The summed E-state index contributed by atoms with van der Waals surface area (Å²) in [6.07, 6.45) is -4.44. The SMILES string of the molecule is CC(N)(C(=O)NCCCOCCO)C(F)(F)F. The molecule has 0 aromatic carbocycles. The van der Waals surface area contributed by atoms with Crippen LogP contribution in [0.25, 0.3) is 0 Å². The van der Waals surface area contributed by atoms with Crippen LogP contribution < -0.4 is 11.1 Å². The number of carbonyl (C=O) groups is 1. The van der Waals surface area contributed by atoms with Crippen LogP contribution in [0.4, 0.5) is 13.2 Å². The highest BCUT2D eigenvalue weighted by Crippen LogP contribution is 2.27. The Labute approximate surface area is 97.1 Å². The summed E-state index contributed by atoms with van der Waals surface area (Å²) in [6.45, 7) is 0.929. The Morgan fingerprint density at radius 3 is 2.47 bits per heavy atom. The lowest BCUT2D eigenvalue weighted by molar-refractivity contribution is -0.187. The van der Waals surface area contributed by atoms with E-state index in [4.69, 9.17) is 15.6 Å². The average molecular weight is 258 g/mol. The minimum absolute atomic E-state index is 0.0349. The monoisotopic (exact) mass is 258 g/mol. The number of rotatable bonds is 7. The number of ether oxygens (including phenoxy) is 1. The first-order valence-corrected chi connectivity index (χ1v) is 5.06. The van der Waals surface area contributed by atoms with Crippen LogP contribution in [0, 0.1) is 0 Å². The van der Waals surface area contributed by atoms with E-state index >= 15 is 0 Å². The van der Waals surface area contributed by atoms with Crippen molar-refractivity contribution in [3.63, 3.8) is 0 Å². The number of halogens is 3. The minimum atomic E-state index is -4.79. The van der Waals surface area contributed by atoms with Gasteiger partial charge in [-0.3, -0.25) is 4.79 Å². The molecule has 0 saturated heterocycles. The Morgan fingerprint density at radius 1 is 1.41 bits per heavy atom. The minimum Gasteiger partial charge on any atom is -0.394 e. The number of amides is 1. The molecule has 0 bridgehead atoms. The number of nitrogens with one attached hydrogen (secondary N) is 1. The van der Waals surface area contributed by atoms with Crippen molar-refractivity contribution in [3.05, 3.63) is 0 Å². The number of aliphatic hydroxyl groups excluding tert-OH is 1. The van der Waals surface area contributed by atoms with E-state index in [9.17, 15) is 18.0 Å². The summed E-state index contributed by atoms with van der Waals surface area (Å²) < 4.78 is 41.8.